The van der Waals surface area contributed by atoms with Gasteiger partial charge in [-0.3, -0.25) is 14.4 Å². The van der Waals surface area contributed by atoms with E-state index in [9.17, 15) is 14.4 Å². The van der Waals surface area contributed by atoms with Crippen molar-refractivity contribution < 1.29 is 14.4 Å². The van der Waals surface area contributed by atoms with Crippen LogP contribution in [0.3, 0.4) is 0 Å². The van der Waals surface area contributed by atoms with E-state index in [-0.39, 0.29) is 17.5 Å². The average Bonchev–Trinajstić information content (AvgIpc) is 2.56. The molecule has 25 heavy (non-hydrogen) atoms. The summed E-state index contributed by atoms with van der Waals surface area (Å²) in [6.07, 6.45) is 1.60. The van der Waals surface area contributed by atoms with Crippen molar-refractivity contribution in [2.45, 2.75) is 13.8 Å². The molecule has 2 aromatic carbocycles. The van der Waals surface area contributed by atoms with E-state index >= 15 is 0 Å². The zero-order valence-corrected chi connectivity index (χ0v) is 14.0. The van der Waals surface area contributed by atoms with Crippen molar-refractivity contribution in [2.75, 3.05) is 10.6 Å². The molecule has 6 nitrogen and oxygen atoms in total. The average molecular weight is 337 g/mol. The molecule has 0 unspecified atom stereocenters. The summed E-state index contributed by atoms with van der Waals surface area (Å²) in [5.74, 6) is -0.944. The third-order valence-corrected chi connectivity index (χ3v) is 3.13. The Morgan fingerprint density at radius 2 is 1.32 bits per heavy atom. The molecular weight excluding hydrogens is 318 g/mol. The summed E-state index contributed by atoms with van der Waals surface area (Å²) < 4.78 is 0. The summed E-state index contributed by atoms with van der Waals surface area (Å²) in [5, 5.41) is 7.90. The summed E-state index contributed by atoms with van der Waals surface area (Å²) in [6, 6.07) is 15.9. The summed E-state index contributed by atoms with van der Waals surface area (Å²) in [7, 11) is 0. The minimum absolute atomic E-state index is 0.143. The number of benzene rings is 2. The Morgan fingerprint density at radius 3 is 1.84 bits per heavy atom. The van der Waals surface area contributed by atoms with E-state index in [0.29, 0.717) is 11.4 Å². The monoisotopic (exact) mass is 337 g/mol. The number of anilines is 2. The first-order chi connectivity index (χ1) is 11.9. The lowest BCUT2D eigenvalue weighted by molar-refractivity contribution is -0.120. The molecule has 0 saturated heterocycles. The van der Waals surface area contributed by atoms with E-state index in [2.05, 4.69) is 16.0 Å². The van der Waals surface area contributed by atoms with Gasteiger partial charge in [0.2, 0.25) is 11.8 Å². The molecule has 0 heterocycles. The van der Waals surface area contributed by atoms with Crippen LogP contribution in [0.5, 0.6) is 0 Å². The first kappa shape index (κ1) is 17.9. The van der Waals surface area contributed by atoms with Crippen LogP contribution < -0.4 is 16.0 Å². The molecule has 0 aliphatic heterocycles. The van der Waals surface area contributed by atoms with E-state index in [1.54, 1.807) is 30.3 Å². The van der Waals surface area contributed by atoms with Crippen molar-refractivity contribution in [1.82, 2.24) is 5.32 Å². The lowest BCUT2D eigenvalue weighted by Crippen LogP contribution is -2.28. The third kappa shape index (κ3) is 5.95. The van der Waals surface area contributed by atoms with Crippen LogP contribution in [-0.4, -0.2) is 17.7 Å². The Balaban J connectivity index is 2.15. The van der Waals surface area contributed by atoms with Gasteiger partial charge in [-0.15, -0.1) is 0 Å². The Hall–Kier alpha value is -3.41. The third-order valence-electron chi connectivity index (χ3n) is 3.13. The van der Waals surface area contributed by atoms with Crippen molar-refractivity contribution in [3.05, 3.63) is 65.9 Å². The van der Waals surface area contributed by atoms with Gasteiger partial charge in [-0.25, -0.2) is 0 Å². The van der Waals surface area contributed by atoms with E-state index in [4.69, 9.17) is 0 Å². The predicted octanol–water partition coefficient (Wildman–Crippen LogP) is 2.76. The highest BCUT2D eigenvalue weighted by Gasteiger charge is 2.11. The normalized spacial score (nSPS) is 10.7. The molecule has 0 aliphatic carbocycles. The highest BCUT2D eigenvalue weighted by molar-refractivity contribution is 6.08. The lowest BCUT2D eigenvalue weighted by atomic mass is 10.2. The largest absolute Gasteiger partial charge is 0.326 e. The standard InChI is InChI=1S/C19H19N3O3/c1-13(23)20-16-8-10-17(11-9-16)22-19(25)18(21-14(2)24)12-15-6-4-3-5-7-15/h3-12H,1-2H3,(H,20,23)(H,21,24)(H,22,25)/b18-12+. The maximum Gasteiger partial charge on any atom is 0.272 e. The van der Waals surface area contributed by atoms with Crippen LogP contribution in [0.15, 0.2) is 60.3 Å². The highest BCUT2D eigenvalue weighted by Crippen LogP contribution is 2.15. The smallest absolute Gasteiger partial charge is 0.272 e. The van der Waals surface area contributed by atoms with Gasteiger partial charge in [0.15, 0.2) is 0 Å². The topological polar surface area (TPSA) is 87.3 Å². The van der Waals surface area contributed by atoms with Crippen LogP contribution in [-0.2, 0) is 14.4 Å². The van der Waals surface area contributed by atoms with Crippen LogP contribution in [0.1, 0.15) is 19.4 Å². The van der Waals surface area contributed by atoms with Gasteiger partial charge in [-0.1, -0.05) is 30.3 Å². The van der Waals surface area contributed by atoms with Crippen LogP contribution in [0, 0.1) is 0 Å². The van der Waals surface area contributed by atoms with Gasteiger partial charge < -0.3 is 16.0 Å². The van der Waals surface area contributed by atoms with E-state index in [0.717, 1.165) is 5.56 Å². The molecule has 3 amide bonds. The van der Waals surface area contributed by atoms with Crippen LogP contribution in [0.2, 0.25) is 0 Å². The van der Waals surface area contributed by atoms with Crippen molar-refractivity contribution >= 4 is 35.2 Å². The quantitative estimate of drug-likeness (QED) is 0.733. The van der Waals surface area contributed by atoms with Crippen molar-refractivity contribution in [2.24, 2.45) is 0 Å². The van der Waals surface area contributed by atoms with Crippen molar-refractivity contribution in [1.29, 1.82) is 0 Å². The maximum atomic E-state index is 12.5. The van der Waals surface area contributed by atoms with Gasteiger partial charge in [-0.2, -0.15) is 0 Å². The fourth-order valence-corrected chi connectivity index (χ4v) is 2.10. The Labute approximate surface area is 145 Å². The van der Waals surface area contributed by atoms with Gasteiger partial charge in [-0.05, 0) is 35.9 Å². The molecule has 0 atom stereocenters. The molecule has 2 aromatic rings. The van der Waals surface area contributed by atoms with Gasteiger partial charge in [0.1, 0.15) is 5.70 Å². The second-order valence-electron chi connectivity index (χ2n) is 5.36. The SMILES string of the molecule is CC(=O)N/C(=C/c1ccccc1)C(=O)Nc1ccc(NC(C)=O)cc1. The number of carbonyl (C=O) groups excluding carboxylic acids is 3. The molecule has 0 radical (unpaired) electrons. The lowest BCUT2D eigenvalue weighted by Gasteiger charge is -2.10. The molecule has 3 N–H and O–H groups in total. The summed E-state index contributed by atoms with van der Waals surface area (Å²) in [5.41, 5.74) is 2.11. The zero-order valence-electron chi connectivity index (χ0n) is 14.0. The number of amides is 3. The van der Waals surface area contributed by atoms with E-state index in [1.165, 1.54) is 13.8 Å². The Kier molecular flexibility index (Phi) is 6.06. The number of carbonyl (C=O) groups is 3. The highest BCUT2D eigenvalue weighted by atomic mass is 16.2. The van der Waals surface area contributed by atoms with Gasteiger partial charge >= 0.3 is 0 Å². The van der Waals surface area contributed by atoms with Crippen LogP contribution in [0.25, 0.3) is 6.08 Å². The Morgan fingerprint density at radius 1 is 0.760 bits per heavy atom. The van der Waals surface area contributed by atoms with Crippen molar-refractivity contribution in [3.8, 4) is 0 Å². The fourth-order valence-electron chi connectivity index (χ4n) is 2.10. The molecule has 0 aromatic heterocycles. The number of hydrogen-bond donors (Lipinski definition) is 3. The molecule has 0 aliphatic rings. The summed E-state index contributed by atoms with van der Waals surface area (Å²) >= 11 is 0. The first-order valence-electron chi connectivity index (χ1n) is 7.67. The van der Waals surface area contributed by atoms with Crippen molar-refractivity contribution in [3.63, 3.8) is 0 Å². The molecule has 0 fully saturated rings. The molecule has 6 heteroatoms. The van der Waals surface area contributed by atoms with Crippen LogP contribution >= 0.6 is 0 Å². The van der Waals surface area contributed by atoms with Gasteiger partial charge in [0.25, 0.3) is 5.91 Å². The molecule has 0 saturated carbocycles. The second-order valence-corrected chi connectivity index (χ2v) is 5.36. The zero-order chi connectivity index (χ0) is 18.2. The summed E-state index contributed by atoms with van der Waals surface area (Å²) in [6.45, 7) is 2.76. The first-order valence-corrected chi connectivity index (χ1v) is 7.67. The van der Waals surface area contributed by atoms with Gasteiger partial charge in [0.05, 0.1) is 0 Å². The second kappa shape index (κ2) is 8.44. The molecule has 128 valence electrons. The Bertz CT molecular complexity index is 796. The number of nitrogens with one attached hydrogen (secondary N) is 3. The number of rotatable bonds is 5. The summed E-state index contributed by atoms with van der Waals surface area (Å²) in [4.78, 5) is 34.8. The minimum Gasteiger partial charge on any atom is -0.326 e. The van der Waals surface area contributed by atoms with E-state index < -0.39 is 5.91 Å². The maximum absolute atomic E-state index is 12.5. The molecule has 0 spiro atoms. The molecular formula is C19H19N3O3. The fraction of sp³-hybridized carbons (Fsp3) is 0.105. The number of hydrogen-bond acceptors (Lipinski definition) is 3. The van der Waals surface area contributed by atoms with Crippen LogP contribution in [0.4, 0.5) is 11.4 Å². The molecule has 2 rings (SSSR count). The minimum atomic E-state index is -0.439. The molecule has 0 bridgehead atoms. The van der Waals surface area contributed by atoms with E-state index in [1.807, 2.05) is 30.3 Å². The van der Waals surface area contributed by atoms with Gasteiger partial charge in [0, 0.05) is 25.2 Å². The predicted molar refractivity (Wildman–Crippen MR) is 97.6 cm³/mol.